The molecule has 1 amide bonds. The van der Waals surface area contributed by atoms with E-state index in [1.165, 1.54) is 4.57 Å². The maximum Gasteiger partial charge on any atom is 0.258 e. The molecular formula is C18H16N2O2S. The van der Waals surface area contributed by atoms with Crippen molar-refractivity contribution >= 4 is 34.1 Å². The normalized spacial score (nSPS) is 10.7. The second kappa shape index (κ2) is 6.30. The zero-order chi connectivity index (χ0) is 16.4. The van der Waals surface area contributed by atoms with Crippen molar-refractivity contribution in [3.8, 4) is 0 Å². The maximum atomic E-state index is 12.7. The third kappa shape index (κ3) is 3.00. The number of aromatic nitrogens is 1. The fourth-order valence-corrected chi connectivity index (χ4v) is 2.96. The zero-order valence-corrected chi connectivity index (χ0v) is 13.7. The van der Waals surface area contributed by atoms with Gasteiger partial charge in [-0.2, -0.15) is 0 Å². The van der Waals surface area contributed by atoms with Crippen LogP contribution in [0.25, 0.3) is 10.8 Å². The van der Waals surface area contributed by atoms with Gasteiger partial charge in [0.15, 0.2) is 0 Å². The molecule has 4 nitrogen and oxygen atoms in total. The summed E-state index contributed by atoms with van der Waals surface area (Å²) in [5.41, 5.74) is 1.11. The molecule has 0 aliphatic carbocycles. The third-order valence-electron chi connectivity index (χ3n) is 3.66. The molecule has 1 N–H and O–H groups in total. The highest BCUT2D eigenvalue weighted by atomic mass is 32.2. The van der Waals surface area contributed by atoms with Crippen molar-refractivity contribution in [2.45, 2.75) is 4.90 Å². The van der Waals surface area contributed by atoms with Crippen LogP contribution in [0.15, 0.2) is 64.4 Å². The number of carbonyl (C=O) groups is 1. The number of hydrogen-bond donors (Lipinski definition) is 1. The lowest BCUT2D eigenvalue weighted by Gasteiger charge is -2.10. The summed E-state index contributed by atoms with van der Waals surface area (Å²) in [6, 6.07) is 14.8. The lowest BCUT2D eigenvalue weighted by molar-refractivity contribution is 0.102. The first-order valence-corrected chi connectivity index (χ1v) is 8.36. The Hall–Kier alpha value is -2.53. The zero-order valence-electron chi connectivity index (χ0n) is 12.9. The average molecular weight is 324 g/mol. The van der Waals surface area contributed by atoms with Crippen molar-refractivity contribution < 1.29 is 4.79 Å². The third-order valence-corrected chi connectivity index (χ3v) is 4.39. The van der Waals surface area contributed by atoms with Gasteiger partial charge in [-0.05, 0) is 30.5 Å². The molecule has 116 valence electrons. The van der Waals surface area contributed by atoms with E-state index in [1.54, 1.807) is 43.2 Å². The number of nitrogens with zero attached hydrogens (tertiary/aromatic N) is 1. The minimum Gasteiger partial charge on any atom is -0.322 e. The first kappa shape index (κ1) is 15.4. The van der Waals surface area contributed by atoms with Gasteiger partial charge in [0, 0.05) is 34.6 Å². The number of benzene rings is 2. The van der Waals surface area contributed by atoms with Gasteiger partial charge in [-0.15, -0.1) is 11.8 Å². The molecule has 0 saturated carbocycles. The number of rotatable bonds is 3. The second-order valence-corrected chi connectivity index (χ2v) is 6.07. The van der Waals surface area contributed by atoms with Crippen LogP contribution in [-0.4, -0.2) is 16.7 Å². The van der Waals surface area contributed by atoms with E-state index in [1.807, 2.05) is 36.6 Å². The molecule has 0 unspecified atom stereocenters. The molecule has 0 radical (unpaired) electrons. The van der Waals surface area contributed by atoms with Gasteiger partial charge < -0.3 is 9.88 Å². The monoisotopic (exact) mass is 324 g/mol. The molecule has 0 saturated heterocycles. The molecule has 0 fully saturated rings. The number of hydrogen-bond acceptors (Lipinski definition) is 3. The van der Waals surface area contributed by atoms with Crippen molar-refractivity contribution in [1.29, 1.82) is 0 Å². The minimum absolute atomic E-state index is 0.110. The largest absolute Gasteiger partial charge is 0.322 e. The Morgan fingerprint density at radius 3 is 2.57 bits per heavy atom. The number of nitrogens with one attached hydrogen (secondary N) is 1. The van der Waals surface area contributed by atoms with E-state index in [4.69, 9.17) is 0 Å². The van der Waals surface area contributed by atoms with E-state index in [0.717, 1.165) is 10.6 Å². The average Bonchev–Trinajstić information content (AvgIpc) is 2.58. The summed E-state index contributed by atoms with van der Waals surface area (Å²) in [5, 5.41) is 4.11. The van der Waals surface area contributed by atoms with E-state index in [2.05, 4.69) is 5.32 Å². The van der Waals surface area contributed by atoms with Crippen LogP contribution in [0.4, 0.5) is 5.69 Å². The quantitative estimate of drug-likeness (QED) is 0.750. The highest BCUT2D eigenvalue weighted by molar-refractivity contribution is 7.98. The predicted octanol–water partition coefficient (Wildman–Crippen LogP) is 3.51. The Morgan fingerprint density at radius 1 is 1.09 bits per heavy atom. The minimum atomic E-state index is -0.227. The summed E-state index contributed by atoms with van der Waals surface area (Å²) in [6.45, 7) is 0. The van der Waals surface area contributed by atoms with E-state index in [9.17, 15) is 9.59 Å². The highest BCUT2D eigenvalue weighted by Gasteiger charge is 2.13. The van der Waals surface area contributed by atoms with Crippen LogP contribution in [0.1, 0.15) is 10.4 Å². The summed E-state index contributed by atoms with van der Waals surface area (Å²) in [7, 11) is 1.65. The number of anilines is 1. The number of thioether (sulfide) groups is 1. The lowest BCUT2D eigenvalue weighted by Crippen LogP contribution is -2.21. The fourth-order valence-electron chi connectivity index (χ4n) is 2.50. The van der Waals surface area contributed by atoms with Crippen molar-refractivity contribution in [2.24, 2.45) is 7.05 Å². The lowest BCUT2D eigenvalue weighted by atomic mass is 10.1. The van der Waals surface area contributed by atoms with Gasteiger partial charge in [-0.3, -0.25) is 9.59 Å². The standard InChI is InChI=1S/C18H16N2O2S/c1-20-11-16(14-8-3-4-9-15(14)18(20)22)17(21)19-12-6-5-7-13(10-12)23-2/h3-11H,1-2H3,(H,19,21). The van der Waals surface area contributed by atoms with Gasteiger partial charge in [0.2, 0.25) is 0 Å². The molecule has 0 bridgehead atoms. The van der Waals surface area contributed by atoms with Gasteiger partial charge in [0.25, 0.3) is 11.5 Å². The van der Waals surface area contributed by atoms with Gasteiger partial charge in [-0.25, -0.2) is 0 Å². The van der Waals surface area contributed by atoms with E-state index in [0.29, 0.717) is 16.3 Å². The molecule has 3 rings (SSSR count). The van der Waals surface area contributed by atoms with Crippen LogP contribution in [0.5, 0.6) is 0 Å². The fraction of sp³-hybridized carbons (Fsp3) is 0.111. The second-order valence-electron chi connectivity index (χ2n) is 5.19. The Kier molecular flexibility index (Phi) is 4.21. The Morgan fingerprint density at radius 2 is 1.83 bits per heavy atom. The van der Waals surface area contributed by atoms with Gasteiger partial charge in [0.05, 0.1) is 5.56 Å². The molecule has 3 aromatic rings. The van der Waals surface area contributed by atoms with Crippen LogP contribution < -0.4 is 10.9 Å². The summed E-state index contributed by atoms with van der Waals surface area (Å²) in [6.07, 6.45) is 3.57. The maximum absolute atomic E-state index is 12.7. The van der Waals surface area contributed by atoms with Crippen LogP contribution in [-0.2, 0) is 7.05 Å². The molecule has 0 aliphatic heterocycles. The molecule has 0 atom stereocenters. The van der Waals surface area contributed by atoms with Gasteiger partial charge in [0.1, 0.15) is 0 Å². The molecule has 0 spiro atoms. The Labute approximate surface area is 138 Å². The number of carbonyl (C=O) groups excluding carboxylic acids is 1. The van der Waals surface area contributed by atoms with Crippen molar-refractivity contribution in [2.75, 3.05) is 11.6 Å². The van der Waals surface area contributed by atoms with Crippen molar-refractivity contribution in [3.63, 3.8) is 0 Å². The number of fused-ring (bicyclic) bond motifs is 1. The van der Waals surface area contributed by atoms with Gasteiger partial charge >= 0.3 is 0 Å². The van der Waals surface area contributed by atoms with Crippen molar-refractivity contribution in [1.82, 2.24) is 4.57 Å². The molecule has 23 heavy (non-hydrogen) atoms. The van der Waals surface area contributed by atoms with E-state index < -0.39 is 0 Å². The topological polar surface area (TPSA) is 51.1 Å². The molecular weight excluding hydrogens is 308 g/mol. The van der Waals surface area contributed by atoms with Crippen LogP contribution in [0, 0.1) is 0 Å². The summed E-state index contributed by atoms with van der Waals surface area (Å²) in [4.78, 5) is 25.9. The number of amides is 1. The Bertz CT molecular complexity index is 947. The smallest absolute Gasteiger partial charge is 0.258 e. The van der Waals surface area contributed by atoms with E-state index in [-0.39, 0.29) is 11.5 Å². The van der Waals surface area contributed by atoms with Crippen molar-refractivity contribution in [3.05, 3.63) is 70.6 Å². The summed E-state index contributed by atoms with van der Waals surface area (Å²) >= 11 is 1.62. The Balaban J connectivity index is 2.04. The molecule has 0 aliphatic rings. The molecule has 2 aromatic carbocycles. The van der Waals surface area contributed by atoms with Crippen LogP contribution >= 0.6 is 11.8 Å². The first-order chi connectivity index (χ1) is 11.1. The van der Waals surface area contributed by atoms with E-state index >= 15 is 0 Å². The van der Waals surface area contributed by atoms with Crippen LogP contribution in [0.3, 0.4) is 0 Å². The number of pyridine rings is 1. The SMILES string of the molecule is CSc1cccc(NC(=O)c2cn(C)c(=O)c3ccccc23)c1. The highest BCUT2D eigenvalue weighted by Crippen LogP contribution is 2.21. The summed E-state index contributed by atoms with van der Waals surface area (Å²) < 4.78 is 1.44. The van der Waals surface area contributed by atoms with Crippen LogP contribution in [0.2, 0.25) is 0 Å². The predicted molar refractivity (Wildman–Crippen MR) is 95.4 cm³/mol. The molecule has 1 aromatic heterocycles. The number of aryl methyl sites for hydroxylation is 1. The first-order valence-electron chi connectivity index (χ1n) is 7.14. The molecule has 1 heterocycles. The van der Waals surface area contributed by atoms with Gasteiger partial charge in [-0.1, -0.05) is 24.3 Å². The molecule has 5 heteroatoms. The summed E-state index contributed by atoms with van der Waals surface area (Å²) in [5.74, 6) is -0.227.